The fourth-order valence-electron chi connectivity index (χ4n) is 2.87. The van der Waals surface area contributed by atoms with Crippen LogP contribution in [0.1, 0.15) is 59.3 Å². The van der Waals surface area contributed by atoms with Crippen molar-refractivity contribution in [3.63, 3.8) is 0 Å². The van der Waals surface area contributed by atoms with Crippen molar-refractivity contribution in [1.29, 1.82) is 0 Å². The Hall–Kier alpha value is -0.410. The summed E-state index contributed by atoms with van der Waals surface area (Å²) in [5.41, 5.74) is -0.638. The Labute approximate surface area is 118 Å². The van der Waals surface area contributed by atoms with Crippen molar-refractivity contribution in [2.45, 2.75) is 70.9 Å². The SMILES string of the molecule is CCC1CCC(N(C)CCC(=O)C(C)(C)OC)CC1. The van der Waals surface area contributed by atoms with E-state index in [2.05, 4.69) is 18.9 Å². The molecular weight excluding hydrogens is 238 g/mol. The molecule has 0 radical (unpaired) electrons. The van der Waals surface area contributed by atoms with Crippen LogP contribution in [0.15, 0.2) is 0 Å². The summed E-state index contributed by atoms with van der Waals surface area (Å²) >= 11 is 0. The standard InChI is InChI=1S/C16H31NO2/c1-6-13-7-9-14(10-8-13)17(4)12-11-15(18)16(2,3)19-5/h13-14H,6-12H2,1-5H3. The van der Waals surface area contributed by atoms with Gasteiger partial charge in [-0.3, -0.25) is 4.79 Å². The number of ketones is 1. The molecule has 0 amide bonds. The van der Waals surface area contributed by atoms with Gasteiger partial charge in [-0.2, -0.15) is 0 Å². The number of methoxy groups -OCH3 is 1. The van der Waals surface area contributed by atoms with E-state index in [0.717, 1.165) is 12.5 Å². The maximum atomic E-state index is 12.0. The van der Waals surface area contributed by atoms with Crippen LogP contribution in [0.3, 0.4) is 0 Å². The second-order valence-corrected chi connectivity index (χ2v) is 6.45. The molecule has 3 heteroatoms. The van der Waals surface area contributed by atoms with E-state index in [1.54, 1.807) is 7.11 Å². The predicted octanol–water partition coefficient (Wildman–Crippen LogP) is 3.27. The largest absolute Gasteiger partial charge is 0.371 e. The first-order chi connectivity index (χ1) is 8.90. The first kappa shape index (κ1) is 16.6. The molecule has 1 fully saturated rings. The van der Waals surface area contributed by atoms with Crippen LogP contribution in [0.4, 0.5) is 0 Å². The quantitative estimate of drug-likeness (QED) is 0.710. The fourth-order valence-corrected chi connectivity index (χ4v) is 2.87. The van der Waals surface area contributed by atoms with Crippen molar-refractivity contribution >= 4 is 5.78 Å². The monoisotopic (exact) mass is 269 g/mol. The van der Waals surface area contributed by atoms with Gasteiger partial charge in [-0.1, -0.05) is 13.3 Å². The van der Waals surface area contributed by atoms with Crippen LogP contribution in [0.5, 0.6) is 0 Å². The lowest BCUT2D eigenvalue weighted by Gasteiger charge is -2.34. The highest BCUT2D eigenvalue weighted by Gasteiger charge is 2.28. The Morgan fingerprint density at radius 1 is 1.26 bits per heavy atom. The molecule has 1 aliphatic rings. The molecular formula is C16H31NO2. The molecule has 0 aliphatic heterocycles. The van der Waals surface area contributed by atoms with Crippen LogP contribution in [-0.2, 0) is 9.53 Å². The molecule has 3 nitrogen and oxygen atoms in total. The number of Topliss-reactive ketones (excluding diaryl/α,β-unsaturated/α-hetero) is 1. The maximum absolute atomic E-state index is 12.0. The second-order valence-electron chi connectivity index (χ2n) is 6.45. The minimum Gasteiger partial charge on any atom is -0.371 e. The van der Waals surface area contributed by atoms with Crippen molar-refractivity contribution in [2.24, 2.45) is 5.92 Å². The first-order valence-corrected chi connectivity index (χ1v) is 7.69. The van der Waals surface area contributed by atoms with Gasteiger partial charge in [0.1, 0.15) is 5.60 Å². The summed E-state index contributed by atoms with van der Waals surface area (Å²) in [7, 11) is 3.76. The van der Waals surface area contributed by atoms with Gasteiger partial charge < -0.3 is 9.64 Å². The number of carbonyl (C=O) groups excluding carboxylic acids is 1. The highest BCUT2D eigenvalue weighted by atomic mass is 16.5. The molecule has 112 valence electrons. The summed E-state index contributed by atoms with van der Waals surface area (Å²) in [6.45, 7) is 6.84. The van der Waals surface area contributed by atoms with Crippen LogP contribution in [0.2, 0.25) is 0 Å². The summed E-state index contributed by atoms with van der Waals surface area (Å²) in [5, 5.41) is 0. The number of ether oxygens (including phenoxy) is 1. The zero-order valence-corrected chi connectivity index (χ0v) is 13.4. The van der Waals surface area contributed by atoms with E-state index in [0.29, 0.717) is 12.5 Å². The minimum atomic E-state index is -0.638. The summed E-state index contributed by atoms with van der Waals surface area (Å²) < 4.78 is 5.24. The Balaban J connectivity index is 2.32. The highest BCUT2D eigenvalue weighted by molar-refractivity contribution is 5.86. The molecule has 0 spiro atoms. The number of rotatable bonds is 7. The Morgan fingerprint density at radius 2 is 1.84 bits per heavy atom. The zero-order valence-electron chi connectivity index (χ0n) is 13.4. The van der Waals surface area contributed by atoms with Gasteiger partial charge in [-0.25, -0.2) is 0 Å². The van der Waals surface area contributed by atoms with Gasteiger partial charge in [0.05, 0.1) is 0 Å². The lowest BCUT2D eigenvalue weighted by molar-refractivity contribution is -0.137. The maximum Gasteiger partial charge on any atom is 0.165 e. The van der Waals surface area contributed by atoms with Crippen molar-refractivity contribution in [2.75, 3.05) is 20.7 Å². The molecule has 0 aromatic heterocycles. The molecule has 0 saturated heterocycles. The van der Waals surface area contributed by atoms with Crippen molar-refractivity contribution in [3.05, 3.63) is 0 Å². The van der Waals surface area contributed by atoms with Crippen LogP contribution in [-0.4, -0.2) is 43.0 Å². The molecule has 0 atom stereocenters. The van der Waals surface area contributed by atoms with Gasteiger partial charge in [0.25, 0.3) is 0 Å². The predicted molar refractivity (Wildman–Crippen MR) is 79.4 cm³/mol. The van der Waals surface area contributed by atoms with Gasteiger partial charge in [0.15, 0.2) is 5.78 Å². The third-order valence-corrected chi connectivity index (χ3v) is 4.89. The minimum absolute atomic E-state index is 0.198. The molecule has 1 saturated carbocycles. The van der Waals surface area contributed by atoms with Gasteiger partial charge in [0, 0.05) is 26.1 Å². The molecule has 0 aromatic carbocycles. The van der Waals surface area contributed by atoms with Crippen LogP contribution >= 0.6 is 0 Å². The third-order valence-electron chi connectivity index (χ3n) is 4.89. The van der Waals surface area contributed by atoms with E-state index >= 15 is 0 Å². The molecule has 19 heavy (non-hydrogen) atoms. The average Bonchev–Trinajstić information content (AvgIpc) is 2.44. The Morgan fingerprint density at radius 3 is 2.32 bits per heavy atom. The molecule has 1 rings (SSSR count). The smallest absolute Gasteiger partial charge is 0.165 e. The molecule has 0 aromatic rings. The van der Waals surface area contributed by atoms with E-state index in [-0.39, 0.29) is 5.78 Å². The van der Waals surface area contributed by atoms with Crippen LogP contribution in [0, 0.1) is 5.92 Å². The van der Waals surface area contributed by atoms with Crippen LogP contribution in [0.25, 0.3) is 0 Å². The lowest BCUT2D eigenvalue weighted by Crippen LogP contribution is -2.40. The van der Waals surface area contributed by atoms with Gasteiger partial charge in [0.2, 0.25) is 0 Å². The number of carbonyl (C=O) groups is 1. The van der Waals surface area contributed by atoms with Crippen LogP contribution < -0.4 is 0 Å². The number of hydrogen-bond donors (Lipinski definition) is 0. The second kappa shape index (κ2) is 7.39. The normalized spacial score (nSPS) is 24.7. The fraction of sp³-hybridized carbons (Fsp3) is 0.938. The summed E-state index contributed by atoms with van der Waals surface area (Å²) in [6, 6.07) is 0.668. The molecule has 0 N–H and O–H groups in total. The van der Waals surface area contributed by atoms with Crippen molar-refractivity contribution in [1.82, 2.24) is 4.90 Å². The Bertz CT molecular complexity index is 280. The van der Waals surface area contributed by atoms with E-state index in [1.165, 1.54) is 32.1 Å². The summed E-state index contributed by atoms with van der Waals surface area (Å²) in [6.07, 6.45) is 7.18. The lowest BCUT2D eigenvalue weighted by atomic mass is 9.84. The van der Waals surface area contributed by atoms with Crippen molar-refractivity contribution < 1.29 is 9.53 Å². The zero-order chi connectivity index (χ0) is 14.5. The summed E-state index contributed by atoms with van der Waals surface area (Å²) in [4.78, 5) is 14.4. The first-order valence-electron chi connectivity index (χ1n) is 7.69. The van der Waals surface area contributed by atoms with E-state index in [1.807, 2.05) is 13.8 Å². The molecule has 0 unspecified atom stereocenters. The van der Waals surface area contributed by atoms with Crippen molar-refractivity contribution in [3.8, 4) is 0 Å². The number of hydrogen-bond acceptors (Lipinski definition) is 3. The summed E-state index contributed by atoms with van der Waals surface area (Å²) in [5.74, 6) is 1.13. The topological polar surface area (TPSA) is 29.5 Å². The molecule has 0 bridgehead atoms. The van der Waals surface area contributed by atoms with Gasteiger partial charge in [-0.15, -0.1) is 0 Å². The highest BCUT2D eigenvalue weighted by Crippen LogP contribution is 2.29. The molecule has 0 heterocycles. The average molecular weight is 269 g/mol. The third kappa shape index (κ3) is 4.88. The van der Waals surface area contributed by atoms with E-state index in [9.17, 15) is 4.79 Å². The van der Waals surface area contributed by atoms with Gasteiger partial charge in [-0.05, 0) is 52.5 Å². The van der Waals surface area contributed by atoms with E-state index in [4.69, 9.17) is 4.74 Å². The molecule has 1 aliphatic carbocycles. The van der Waals surface area contributed by atoms with Gasteiger partial charge >= 0.3 is 0 Å². The Kier molecular flexibility index (Phi) is 6.48. The number of nitrogens with zero attached hydrogens (tertiary/aromatic N) is 1. The van der Waals surface area contributed by atoms with E-state index < -0.39 is 5.60 Å².